The van der Waals surface area contributed by atoms with Crippen LogP contribution in [0.1, 0.15) is 53.1 Å². The Balaban J connectivity index is 1.32. The van der Waals surface area contributed by atoms with Crippen molar-refractivity contribution in [1.29, 1.82) is 5.26 Å². The molecular formula is C41H47ClF2N4O5. The fourth-order valence-electron chi connectivity index (χ4n) is 6.29. The number of aromatic nitrogens is 1. The standard InChI is InChI=1S/C41H47ClF2N4O5/c1-28-32(8-5-9-34(28)35-10-6-11-37(29(35)2)51-15-7-13-48-14-12-41(43,44)25-48)24-53-39-18-38(52-23-31-16-30(19-45)20-46-21-31)33(17-36(39)42)22-47(4)40(3,26-49)27-50/h5-6,8-11,16-18,20-21,49-50H,7,12-15,22-27H2,1-4H3. The lowest BCUT2D eigenvalue weighted by Gasteiger charge is -2.36. The molecule has 12 heteroatoms. The zero-order chi connectivity index (χ0) is 38.2. The van der Waals surface area contributed by atoms with Crippen molar-refractivity contribution in [2.24, 2.45) is 0 Å². The Morgan fingerprint density at radius 3 is 2.36 bits per heavy atom. The first-order chi connectivity index (χ1) is 25.4. The number of nitrogens with zero attached hydrogens (tertiary/aromatic N) is 4. The summed E-state index contributed by atoms with van der Waals surface area (Å²) in [5.41, 5.74) is 6.00. The largest absolute Gasteiger partial charge is 0.493 e. The van der Waals surface area contributed by atoms with Crippen LogP contribution in [-0.2, 0) is 19.8 Å². The average Bonchev–Trinajstić information content (AvgIpc) is 3.51. The van der Waals surface area contributed by atoms with E-state index in [9.17, 15) is 24.3 Å². The van der Waals surface area contributed by atoms with Gasteiger partial charge in [-0.05, 0) is 80.3 Å². The first-order valence-electron chi connectivity index (χ1n) is 17.6. The molecule has 1 aliphatic heterocycles. The van der Waals surface area contributed by atoms with Gasteiger partial charge in [-0.3, -0.25) is 14.8 Å². The summed E-state index contributed by atoms with van der Waals surface area (Å²) in [6.45, 7) is 7.24. The Morgan fingerprint density at radius 2 is 1.66 bits per heavy atom. The van der Waals surface area contributed by atoms with Crippen LogP contribution in [0.15, 0.2) is 67.0 Å². The molecule has 0 aliphatic carbocycles. The molecule has 1 saturated heterocycles. The fourth-order valence-corrected chi connectivity index (χ4v) is 6.53. The molecule has 1 aliphatic rings. The number of hydrogen-bond donors (Lipinski definition) is 2. The highest BCUT2D eigenvalue weighted by molar-refractivity contribution is 6.32. The van der Waals surface area contributed by atoms with Crippen molar-refractivity contribution in [1.82, 2.24) is 14.8 Å². The van der Waals surface area contributed by atoms with Gasteiger partial charge in [-0.2, -0.15) is 5.26 Å². The van der Waals surface area contributed by atoms with E-state index >= 15 is 0 Å². The summed E-state index contributed by atoms with van der Waals surface area (Å²) in [7, 11) is 1.80. The van der Waals surface area contributed by atoms with Crippen molar-refractivity contribution in [3.05, 3.63) is 105 Å². The van der Waals surface area contributed by atoms with Gasteiger partial charge >= 0.3 is 0 Å². The molecule has 1 fully saturated rings. The molecule has 0 atom stereocenters. The van der Waals surface area contributed by atoms with Crippen LogP contribution in [0.3, 0.4) is 0 Å². The molecule has 282 valence electrons. The van der Waals surface area contributed by atoms with E-state index < -0.39 is 11.5 Å². The van der Waals surface area contributed by atoms with Crippen molar-refractivity contribution in [3.63, 3.8) is 0 Å². The molecule has 0 spiro atoms. The van der Waals surface area contributed by atoms with Gasteiger partial charge < -0.3 is 24.4 Å². The van der Waals surface area contributed by atoms with Crippen LogP contribution in [-0.4, -0.2) is 83.0 Å². The number of halogens is 3. The van der Waals surface area contributed by atoms with Crippen LogP contribution in [0, 0.1) is 25.2 Å². The molecule has 0 radical (unpaired) electrons. The summed E-state index contributed by atoms with van der Waals surface area (Å²) < 4.78 is 45.8. The minimum absolute atomic E-state index is 0.0820. The minimum Gasteiger partial charge on any atom is -0.493 e. The minimum atomic E-state index is -2.59. The molecule has 0 saturated carbocycles. The molecule has 9 nitrogen and oxygen atoms in total. The van der Waals surface area contributed by atoms with E-state index in [1.807, 2.05) is 43.0 Å². The predicted molar refractivity (Wildman–Crippen MR) is 201 cm³/mol. The first kappa shape index (κ1) is 39.9. The van der Waals surface area contributed by atoms with Crippen LogP contribution in [0.2, 0.25) is 5.02 Å². The third-order valence-electron chi connectivity index (χ3n) is 9.97. The molecule has 53 heavy (non-hydrogen) atoms. The van der Waals surface area contributed by atoms with Crippen LogP contribution in [0.4, 0.5) is 8.78 Å². The number of benzene rings is 3. The number of likely N-dealkylation sites (tertiary alicyclic amines) is 1. The summed E-state index contributed by atoms with van der Waals surface area (Å²) in [5.74, 6) is -0.925. The van der Waals surface area contributed by atoms with E-state index in [4.69, 9.17) is 25.8 Å². The quantitative estimate of drug-likeness (QED) is 0.107. The van der Waals surface area contributed by atoms with E-state index in [0.717, 1.165) is 39.1 Å². The Morgan fingerprint density at radius 1 is 0.943 bits per heavy atom. The molecule has 3 aromatic carbocycles. The number of aliphatic hydroxyl groups is 2. The third kappa shape index (κ3) is 10.0. The summed E-state index contributed by atoms with van der Waals surface area (Å²) in [5, 5.41) is 29.6. The number of likely N-dealkylation sites (N-methyl/N-ethyl adjacent to an activating group) is 1. The molecule has 4 aromatic rings. The highest BCUT2D eigenvalue weighted by atomic mass is 35.5. The maximum Gasteiger partial charge on any atom is 0.261 e. The fraction of sp³-hybridized carbons (Fsp3) is 0.415. The third-order valence-corrected chi connectivity index (χ3v) is 10.3. The number of rotatable bonds is 17. The molecule has 0 bridgehead atoms. The molecule has 2 N–H and O–H groups in total. The zero-order valence-electron chi connectivity index (χ0n) is 30.7. The molecule has 1 aromatic heterocycles. The average molecular weight is 749 g/mol. The number of pyridine rings is 1. The van der Waals surface area contributed by atoms with Crippen LogP contribution < -0.4 is 14.2 Å². The number of ether oxygens (including phenoxy) is 3. The van der Waals surface area contributed by atoms with Crippen molar-refractivity contribution in [2.75, 3.05) is 46.5 Å². The predicted octanol–water partition coefficient (Wildman–Crippen LogP) is 7.33. The normalized spacial score (nSPS) is 14.4. The number of hydrogen-bond acceptors (Lipinski definition) is 9. The number of nitriles is 1. The lowest BCUT2D eigenvalue weighted by atomic mass is 9.93. The Bertz CT molecular complexity index is 1920. The highest BCUT2D eigenvalue weighted by Gasteiger charge is 2.37. The smallest absolute Gasteiger partial charge is 0.261 e. The second kappa shape index (κ2) is 17.7. The summed E-state index contributed by atoms with van der Waals surface area (Å²) in [6.07, 6.45) is 3.70. The van der Waals surface area contributed by atoms with Crippen molar-refractivity contribution >= 4 is 11.6 Å². The molecule has 0 amide bonds. The molecule has 5 rings (SSSR count). The number of alkyl halides is 2. The van der Waals surface area contributed by atoms with E-state index in [0.29, 0.717) is 60.3 Å². The Kier molecular flexibility index (Phi) is 13.3. The van der Waals surface area contributed by atoms with Crippen molar-refractivity contribution in [2.45, 2.75) is 64.8 Å². The van der Waals surface area contributed by atoms with Crippen molar-refractivity contribution in [3.8, 4) is 34.4 Å². The maximum absolute atomic E-state index is 13.5. The van der Waals surface area contributed by atoms with Gasteiger partial charge in [0.2, 0.25) is 0 Å². The van der Waals surface area contributed by atoms with Gasteiger partial charge in [0, 0.05) is 55.6 Å². The van der Waals surface area contributed by atoms with Gasteiger partial charge in [0.05, 0.1) is 42.5 Å². The van der Waals surface area contributed by atoms with E-state index in [-0.39, 0.29) is 39.4 Å². The van der Waals surface area contributed by atoms with Gasteiger partial charge in [-0.25, -0.2) is 8.78 Å². The van der Waals surface area contributed by atoms with Crippen LogP contribution in [0.25, 0.3) is 11.1 Å². The summed E-state index contributed by atoms with van der Waals surface area (Å²) in [6, 6.07) is 19.3. The Hall–Kier alpha value is -4.31. The topological polar surface area (TPSA) is 111 Å². The molecule has 0 unspecified atom stereocenters. The SMILES string of the molecule is Cc1c(COc2cc(OCc3cncc(C#N)c3)c(CN(C)C(C)(CO)CO)cc2Cl)cccc1-c1cccc(OCCCN2CCC(F)(F)C2)c1C. The van der Waals surface area contributed by atoms with Gasteiger partial charge in [-0.1, -0.05) is 41.9 Å². The van der Waals surface area contributed by atoms with Crippen LogP contribution in [0.5, 0.6) is 17.2 Å². The summed E-state index contributed by atoms with van der Waals surface area (Å²) in [4.78, 5) is 7.75. The van der Waals surface area contributed by atoms with E-state index in [1.165, 1.54) is 6.20 Å². The highest BCUT2D eigenvalue weighted by Crippen LogP contribution is 2.37. The van der Waals surface area contributed by atoms with E-state index in [1.54, 1.807) is 43.3 Å². The lowest BCUT2D eigenvalue weighted by Crippen LogP contribution is -2.49. The second-order valence-electron chi connectivity index (χ2n) is 13.9. The maximum atomic E-state index is 13.5. The monoisotopic (exact) mass is 748 g/mol. The zero-order valence-corrected chi connectivity index (χ0v) is 31.4. The second-order valence-corrected chi connectivity index (χ2v) is 14.3. The first-order valence-corrected chi connectivity index (χ1v) is 18.0. The van der Waals surface area contributed by atoms with Gasteiger partial charge in [0.15, 0.2) is 0 Å². The Labute approximate surface area is 315 Å². The lowest BCUT2D eigenvalue weighted by molar-refractivity contribution is 0.0103. The van der Waals surface area contributed by atoms with Gasteiger partial charge in [0.25, 0.3) is 5.92 Å². The van der Waals surface area contributed by atoms with Crippen molar-refractivity contribution < 1.29 is 33.2 Å². The van der Waals surface area contributed by atoms with Gasteiger partial charge in [-0.15, -0.1) is 0 Å². The summed E-state index contributed by atoms with van der Waals surface area (Å²) >= 11 is 6.80. The number of aliphatic hydroxyl groups excluding tert-OH is 2. The van der Waals surface area contributed by atoms with Crippen LogP contribution >= 0.6 is 11.6 Å². The van der Waals surface area contributed by atoms with Gasteiger partial charge in [0.1, 0.15) is 36.5 Å². The molecule has 2 heterocycles. The van der Waals surface area contributed by atoms with E-state index in [2.05, 4.69) is 23.2 Å². The molecular weight excluding hydrogens is 702 g/mol.